The lowest BCUT2D eigenvalue weighted by molar-refractivity contribution is -0.0175. The SMILES string of the molecule is OC(COCc1ccc(Cl)cc1)CN1CCOCC1. The monoisotopic (exact) mass is 285 g/mol. The van der Waals surface area contributed by atoms with E-state index in [1.165, 1.54) is 0 Å². The Morgan fingerprint density at radius 3 is 2.63 bits per heavy atom. The fraction of sp³-hybridized carbons (Fsp3) is 0.571. The van der Waals surface area contributed by atoms with E-state index in [-0.39, 0.29) is 0 Å². The van der Waals surface area contributed by atoms with Crippen LogP contribution < -0.4 is 0 Å². The van der Waals surface area contributed by atoms with Crippen molar-refractivity contribution in [1.82, 2.24) is 4.90 Å². The van der Waals surface area contributed by atoms with Crippen LogP contribution in [-0.4, -0.2) is 55.6 Å². The molecule has 0 amide bonds. The van der Waals surface area contributed by atoms with Crippen LogP contribution in [-0.2, 0) is 16.1 Å². The molecule has 1 saturated heterocycles. The molecule has 1 fully saturated rings. The van der Waals surface area contributed by atoms with E-state index < -0.39 is 6.10 Å². The third-order valence-electron chi connectivity index (χ3n) is 3.06. The molecule has 4 nitrogen and oxygen atoms in total. The Morgan fingerprint density at radius 1 is 1.26 bits per heavy atom. The molecule has 1 aromatic rings. The maximum Gasteiger partial charge on any atom is 0.0900 e. The Balaban J connectivity index is 1.63. The average molecular weight is 286 g/mol. The Hall–Kier alpha value is -0.650. The van der Waals surface area contributed by atoms with Gasteiger partial charge in [-0.15, -0.1) is 0 Å². The maximum absolute atomic E-state index is 9.89. The van der Waals surface area contributed by atoms with Crippen molar-refractivity contribution in [1.29, 1.82) is 0 Å². The zero-order valence-electron chi connectivity index (χ0n) is 10.9. The number of rotatable bonds is 6. The van der Waals surface area contributed by atoms with Crippen LogP contribution >= 0.6 is 11.6 Å². The van der Waals surface area contributed by atoms with Crippen molar-refractivity contribution in [2.75, 3.05) is 39.5 Å². The number of aliphatic hydroxyl groups is 1. The standard InChI is InChI=1S/C14H20ClNO3/c15-13-3-1-12(2-4-13)10-19-11-14(17)9-16-5-7-18-8-6-16/h1-4,14,17H,5-11H2. The summed E-state index contributed by atoms with van der Waals surface area (Å²) in [6.45, 7) is 4.75. The minimum absolute atomic E-state index is 0.347. The molecule has 0 saturated carbocycles. The van der Waals surface area contributed by atoms with Gasteiger partial charge < -0.3 is 14.6 Å². The highest BCUT2D eigenvalue weighted by Gasteiger charge is 2.14. The molecule has 1 atom stereocenters. The molecule has 106 valence electrons. The number of hydrogen-bond donors (Lipinski definition) is 1. The predicted molar refractivity (Wildman–Crippen MR) is 74.4 cm³/mol. The van der Waals surface area contributed by atoms with Gasteiger partial charge in [-0.1, -0.05) is 23.7 Å². The van der Waals surface area contributed by atoms with Crippen LogP contribution in [0.1, 0.15) is 5.56 Å². The van der Waals surface area contributed by atoms with Crippen LogP contribution in [0.3, 0.4) is 0 Å². The van der Waals surface area contributed by atoms with E-state index in [0.29, 0.717) is 19.8 Å². The summed E-state index contributed by atoms with van der Waals surface area (Å²) in [4.78, 5) is 2.19. The molecule has 19 heavy (non-hydrogen) atoms. The largest absolute Gasteiger partial charge is 0.389 e. The fourth-order valence-corrected chi connectivity index (χ4v) is 2.15. The second kappa shape index (κ2) is 7.82. The lowest BCUT2D eigenvalue weighted by Gasteiger charge is -2.28. The molecule has 1 N–H and O–H groups in total. The Bertz CT molecular complexity index is 365. The molecule has 1 aromatic carbocycles. The highest BCUT2D eigenvalue weighted by Crippen LogP contribution is 2.10. The summed E-state index contributed by atoms with van der Waals surface area (Å²) in [5.41, 5.74) is 1.06. The van der Waals surface area contributed by atoms with Gasteiger partial charge in [0.2, 0.25) is 0 Å². The van der Waals surface area contributed by atoms with Gasteiger partial charge in [0.15, 0.2) is 0 Å². The lowest BCUT2D eigenvalue weighted by Crippen LogP contribution is -2.42. The minimum Gasteiger partial charge on any atom is -0.389 e. The number of β-amino-alcohol motifs (C(OH)–C–C–N with tert-alkyl or cyclic N) is 1. The van der Waals surface area contributed by atoms with Crippen molar-refractivity contribution in [3.05, 3.63) is 34.9 Å². The van der Waals surface area contributed by atoms with Gasteiger partial charge in [-0.3, -0.25) is 4.90 Å². The zero-order chi connectivity index (χ0) is 13.5. The summed E-state index contributed by atoms with van der Waals surface area (Å²) >= 11 is 5.81. The van der Waals surface area contributed by atoms with Crippen LogP contribution in [0.25, 0.3) is 0 Å². The van der Waals surface area contributed by atoms with E-state index >= 15 is 0 Å². The maximum atomic E-state index is 9.89. The first-order chi connectivity index (χ1) is 9.24. The number of morpholine rings is 1. The van der Waals surface area contributed by atoms with Gasteiger partial charge in [0, 0.05) is 24.7 Å². The summed E-state index contributed by atoms with van der Waals surface area (Å²) in [7, 11) is 0. The highest BCUT2D eigenvalue weighted by molar-refractivity contribution is 6.30. The van der Waals surface area contributed by atoms with Gasteiger partial charge in [0.25, 0.3) is 0 Å². The number of nitrogens with zero attached hydrogens (tertiary/aromatic N) is 1. The van der Waals surface area contributed by atoms with Crippen molar-refractivity contribution in [3.63, 3.8) is 0 Å². The van der Waals surface area contributed by atoms with E-state index in [4.69, 9.17) is 21.1 Å². The summed E-state index contributed by atoms with van der Waals surface area (Å²) in [6, 6.07) is 7.53. The number of benzene rings is 1. The molecule has 0 aromatic heterocycles. The Morgan fingerprint density at radius 2 is 1.95 bits per heavy atom. The van der Waals surface area contributed by atoms with Crippen molar-refractivity contribution in [2.45, 2.75) is 12.7 Å². The van der Waals surface area contributed by atoms with Gasteiger partial charge in [-0.2, -0.15) is 0 Å². The topological polar surface area (TPSA) is 41.9 Å². The molecule has 2 rings (SSSR count). The molecule has 0 bridgehead atoms. The van der Waals surface area contributed by atoms with Gasteiger partial charge in [-0.05, 0) is 17.7 Å². The number of aliphatic hydroxyl groups excluding tert-OH is 1. The predicted octanol–water partition coefficient (Wildman–Crippen LogP) is 1.55. The van der Waals surface area contributed by atoms with E-state index in [9.17, 15) is 5.11 Å². The van der Waals surface area contributed by atoms with E-state index in [0.717, 1.165) is 36.9 Å². The average Bonchev–Trinajstić information content (AvgIpc) is 2.42. The lowest BCUT2D eigenvalue weighted by atomic mass is 10.2. The van der Waals surface area contributed by atoms with Crippen LogP contribution in [0.4, 0.5) is 0 Å². The van der Waals surface area contributed by atoms with E-state index in [1.807, 2.05) is 24.3 Å². The third kappa shape index (κ3) is 5.47. The third-order valence-corrected chi connectivity index (χ3v) is 3.32. The molecule has 1 aliphatic heterocycles. The van der Waals surface area contributed by atoms with Crippen LogP contribution in [0.2, 0.25) is 5.02 Å². The van der Waals surface area contributed by atoms with Crippen molar-refractivity contribution < 1.29 is 14.6 Å². The molecule has 1 aliphatic rings. The molecular weight excluding hydrogens is 266 g/mol. The molecular formula is C14H20ClNO3. The zero-order valence-corrected chi connectivity index (χ0v) is 11.7. The van der Waals surface area contributed by atoms with Crippen LogP contribution in [0.5, 0.6) is 0 Å². The fourth-order valence-electron chi connectivity index (χ4n) is 2.03. The quantitative estimate of drug-likeness (QED) is 0.861. The molecule has 5 heteroatoms. The second-order valence-corrected chi connectivity index (χ2v) is 5.14. The first-order valence-electron chi connectivity index (χ1n) is 6.54. The van der Waals surface area contributed by atoms with Gasteiger partial charge >= 0.3 is 0 Å². The minimum atomic E-state index is -0.453. The molecule has 1 unspecified atom stereocenters. The summed E-state index contributed by atoms with van der Waals surface area (Å²) in [6.07, 6.45) is -0.453. The first kappa shape index (κ1) is 14.8. The van der Waals surface area contributed by atoms with Crippen molar-refractivity contribution in [3.8, 4) is 0 Å². The number of ether oxygens (including phenoxy) is 2. The van der Waals surface area contributed by atoms with Crippen molar-refractivity contribution >= 4 is 11.6 Å². The highest BCUT2D eigenvalue weighted by atomic mass is 35.5. The van der Waals surface area contributed by atoms with Gasteiger partial charge in [-0.25, -0.2) is 0 Å². The van der Waals surface area contributed by atoms with Crippen LogP contribution in [0, 0.1) is 0 Å². The first-order valence-corrected chi connectivity index (χ1v) is 6.92. The summed E-state index contributed by atoms with van der Waals surface area (Å²) < 4.78 is 10.8. The van der Waals surface area contributed by atoms with Crippen molar-refractivity contribution in [2.24, 2.45) is 0 Å². The molecule has 0 aliphatic carbocycles. The number of halogens is 1. The van der Waals surface area contributed by atoms with Gasteiger partial charge in [0.1, 0.15) is 0 Å². The number of hydrogen-bond acceptors (Lipinski definition) is 4. The van der Waals surface area contributed by atoms with Gasteiger partial charge in [0.05, 0.1) is 32.5 Å². The van der Waals surface area contributed by atoms with E-state index in [2.05, 4.69) is 4.90 Å². The smallest absolute Gasteiger partial charge is 0.0900 e. The summed E-state index contributed by atoms with van der Waals surface area (Å²) in [5, 5.41) is 10.6. The normalized spacial score (nSPS) is 18.4. The van der Waals surface area contributed by atoms with Crippen LogP contribution in [0.15, 0.2) is 24.3 Å². The molecule has 0 radical (unpaired) electrons. The molecule has 1 heterocycles. The van der Waals surface area contributed by atoms with E-state index in [1.54, 1.807) is 0 Å². The Kier molecular flexibility index (Phi) is 6.07. The molecule has 0 spiro atoms. The summed E-state index contributed by atoms with van der Waals surface area (Å²) in [5.74, 6) is 0. The Labute approximate surface area is 118 Å². The second-order valence-electron chi connectivity index (χ2n) is 4.71.